The van der Waals surface area contributed by atoms with Crippen LogP contribution in [0.3, 0.4) is 0 Å². The smallest absolute Gasteiger partial charge is 0.326 e. The molecule has 120 valence electrons. The van der Waals surface area contributed by atoms with Gasteiger partial charge in [-0.1, -0.05) is 33.8 Å². The zero-order valence-electron chi connectivity index (χ0n) is 13.4. The van der Waals surface area contributed by atoms with Crippen LogP contribution in [0.1, 0.15) is 34.6 Å². The molecule has 0 spiro atoms. The molecule has 1 rings (SSSR count). The Morgan fingerprint density at radius 1 is 1.38 bits per heavy atom. The first-order chi connectivity index (χ1) is 9.53. The van der Waals surface area contributed by atoms with E-state index >= 15 is 0 Å². The van der Waals surface area contributed by atoms with Gasteiger partial charge in [0.05, 0.1) is 6.61 Å². The van der Waals surface area contributed by atoms with Gasteiger partial charge in [0, 0.05) is 6.54 Å². The molecule has 0 saturated carbocycles. The van der Waals surface area contributed by atoms with Gasteiger partial charge in [0.1, 0.15) is 11.4 Å². The van der Waals surface area contributed by atoms with Crippen molar-refractivity contribution in [2.75, 3.05) is 13.2 Å². The van der Waals surface area contributed by atoms with Gasteiger partial charge in [0.15, 0.2) is 0 Å². The highest BCUT2D eigenvalue weighted by Gasteiger charge is 2.36. The van der Waals surface area contributed by atoms with Gasteiger partial charge in [-0.05, 0) is 35.8 Å². The Balaban J connectivity index is 2.85. The van der Waals surface area contributed by atoms with Crippen LogP contribution in [0.25, 0.3) is 0 Å². The quantitative estimate of drug-likeness (QED) is 0.729. The zero-order chi connectivity index (χ0) is 16.4. The molecule has 3 atom stereocenters. The van der Waals surface area contributed by atoms with Crippen LogP contribution >= 0.6 is 0 Å². The molecule has 0 aromatic rings. The highest BCUT2D eigenvalue weighted by Crippen LogP contribution is 2.41. The number of carbonyl (C=O) groups is 1. The number of aliphatic hydroxyl groups excluding tert-OH is 1. The maximum atomic E-state index is 14.1. The van der Waals surface area contributed by atoms with Crippen LogP contribution < -0.4 is 5.32 Å². The van der Waals surface area contributed by atoms with Crippen LogP contribution in [0.5, 0.6) is 0 Å². The molecule has 0 fully saturated rings. The highest BCUT2D eigenvalue weighted by atomic mass is 19.1. The van der Waals surface area contributed by atoms with E-state index in [4.69, 9.17) is 5.11 Å². The van der Waals surface area contributed by atoms with E-state index in [1.54, 1.807) is 6.08 Å². The Labute approximate surface area is 125 Å². The number of carboxylic acid groups (broad SMARTS) is 1. The van der Waals surface area contributed by atoms with E-state index in [1.165, 1.54) is 13.0 Å². The number of hydrogen-bond acceptors (Lipinski definition) is 3. The summed E-state index contributed by atoms with van der Waals surface area (Å²) in [6.07, 6.45) is 3.23. The molecule has 3 N–H and O–H groups in total. The number of allylic oxidation sites excluding steroid dienone is 3. The number of aliphatic hydroxyl groups is 1. The molecule has 0 aromatic carbocycles. The summed E-state index contributed by atoms with van der Waals surface area (Å²) in [5, 5.41) is 21.3. The minimum Gasteiger partial charge on any atom is -0.480 e. The van der Waals surface area contributed by atoms with Crippen molar-refractivity contribution < 1.29 is 19.4 Å². The number of carboxylic acids is 1. The van der Waals surface area contributed by atoms with Gasteiger partial charge >= 0.3 is 5.97 Å². The van der Waals surface area contributed by atoms with Crippen molar-refractivity contribution in [3.05, 3.63) is 23.6 Å². The monoisotopic (exact) mass is 299 g/mol. The third kappa shape index (κ3) is 3.92. The van der Waals surface area contributed by atoms with Crippen molar-refractivity contribution in [1.82, 2.24) is 5.32 Å². The molecular formula is C16H26FNO3. The molecule has 0 aliphatic heterocycles. The van der Waals surface area contributed by atoms with Crippen LogP contribution in [0, 0.1) is 17.3 Å². The maximum absolute atomic E-state index is 14.1. The van der Waals surface area contributed by atoms with Crippen LogP contribution in [0.2, 0.25) is 0 Å². The van der Waals surface area contributed by atoms with Gasteiger partial charge in [0.25, 0.3) is 0 Å². The second-order valence-electron chi connectivity index (χ2n) is 7.00. The van der Waals surface area contributed by atoms with E-state index in [0.29, 0.717) is 6.54 Å². The third-order valence-electron chi connectivity index (χ3n) is 4.17. The molecule has 1 aliphatic rings. The Hall–Kier alpha value is -1.20. The number of rotatable bonds is 5. The summed E-state index contributed by atoms with van der Waals surface area (Å²) in [6.45, 7) is 9.17. The van der Waals surface area contributed by atoms with Crippen molar-refractivity contribution in [2.45, 2.75) is 40.2 Å². The fourth-order valence-corrected chi connectivity index (χ4v) is 2.72. The van der Waals surface area contributed by atoms with Gasteiger partial charge < -0.3 is 10.2 Å². The van der Waals surface area contributed by atoms with E-state index in [-0.39, 0.29) is 23.1 Å². The summed E-state index contributed by atoms with van der Waals surface area (Å²) in [6, 6.07) is 0. The lowest BCUT2D eigenvalue weighted by Crippen LogP contribution is -2.54. The molecule has 21 heavy (non-hydrogen) atoms. The first-order valence-electron chi connectivity index (χ1n) is 7.20. The lowest BCUT2D eigenvalue weighted by atomic mass is 9.71. The topological polar surface area (TPSA) is 69.6 Å². The summed E-state index contributed by atoms with van der Waals surface area (Å²) in [5.74, 6) is -1.34. The van der Waals surface area contributed by atoms with E-state index in [1.807, 2.05) is 27.7 Å². The van der Waals surface area contributed by atoms with E-state index in [0.717, 1.165) is 5.57 Å². The van der Waals surface area contributed by atoms with Crippen molar-refractivity contribution in [2.24, 2.45) is 17.3 Å². The molecule has 2 unspecified atom stereocenters. The summed E-state index contributed by atoms with van der Waals surface area (Å²) in [4.78, 5) is 11.2. The van der Waals surface area contributed by atoms with Crippen molar-refractivity contribution in [1.29, 1.82) is 0 Å². The third-order valence-corrected chi connectivity index (χ3v) is 4.17. The molecule has 0 aromatic heterocycles. The van der Waals surface area contributed by atoms with Crippen molar-refractivity contribution >= 4 is 5.97 Å². The lowest BCUT2D eigenvalue weighted by molar-refractivity contribution is -0.145. The fourth-order valence-electron chi connectivity index (χ4n) is 2.72. The van der Waals surface area contributed by atoms with Crippen LogP contribution in [-0.4, -0.2) is 34.9 Å². The van der Waals surface area contributed by atoms with Gasteiger partial charge in [-0.2, -0.15) is 0 Å². The molecule has 0 bridgehead atoms. The Kier molecular flexibility index (Phi) is 5.34. The van der Waals surface area contributed by atoms with E-state index in [2.05, 4.69) is 5.32 Å². The first-order valence-corrected chi connectivity index (χ1v) is 7.20. The zero-order valence-corrected chi connectivity index (χ0v) is 13.4. The summed E-state index contributed by atoms with van der Waals surface area (Å²) in [7, 11) is 0. The average Bonchev–Trinajstić information content (AvgIpc) is 2.35. The molecule has 1 aliphatic carbocycles. The van der Waals surface area contributed by atoms with Crippen LogP contribution in [0.4, 0.5) is 4.39 Å². The number of aliphatic carboxylic acids is 1. The minimum atomic E-state index is -1.38. The normalized spacial score (nSPS) is 25.9. The molecular weight excluding hydrogens is 273 g/mol. The van der Waals surface area contributed by atoms with Crippen LogP contribution in [0.15, 0.2) is 23.6 Å². The second-order valence-corrected chi connectivity index (χ2v) is 7.00. The predicted molar refractivity (Wildman–Crippen MR) is 80.5 cm³/mol. The van der Waals surface area contributed by atoms with Crippen molar-refractivity contribution in [3.8, 4) is 0 Å². The molecule has 5 heteroatoms. The standard InChI is InChI=1S/C16H26FNO3/c1-10-11(8-18-16(5,9-19)14(20)21)6-7-12(17)13(10)15(2,3)4/h6-7,10-11,18-19H,8-9H2,1-5H3,(H,20,21)/t10?,11?,16-/m0/s1. The molecule has 0 heterocycles. The summed E-state index contributed by atoms with van der Waals surface area (Å²) >= 11 is 0. The molecule has 0 saturated heterocycles. The number of halogens is 1. The van der Waals surface area contributed by atoms with Gasteiger partial charge in [-0.25, -0.2) is 4.39 Å². The van der Waals surface area contributed by atoms with E-state index in [9.17, 15) is 14.3 Å². The maximum Gasteiger partial charge on any atom is 0.326 e. The fraction of sp³-hybridized carbons (Fsp3) is 0.688. The molecule has 0 amide bonds. The average molecular weight is 299 g/mol. The van der Waals surface area contributed by atoms with Crippen LogP contribution in [-0.2, 0) is 4.79 Å². The predicted octanol–water partition coefficient (Wildman–Crippen LogP) is 2.50. The largest absolute Gasteiger partial charge is 0.480 e. The first kappa shape index (κ1) is 17.9. The van der Waals surface area contributed by atoms with Gasteiger partial charge in [0.2, 0.25) is 0 Å². The summed E-state index contributed by atoms with van der Waals surface area (Å²) < 4.78 is 14.1. The minimum absolute atomic E-state index is 0.0102. The Morgan fingerprint density at radius 2 is 1.95 bits per heavy atom. The summed E-state index contributed by atoms with van der Waals surface area (Å²) in [5.41, 5.74) is -0.910. The van der Waals surface area contributed by atoms with Gasteiger partial charge in [-0.3, -0.25) is 10.1 Å². The number of hydrogen-bond donors (Lipinski definition) is 3. The Morgan fingerprint density at radius 3 is 2.38 bits per heavy atom. The SMILES string of the molecule is CC1C(C(C)(C)C)=C(F)C=CC1CN[C@@](C)(CO)C(=O)O. The Bertz CT molecular complexity index is 465. The van der Waals surface area contributed by atoms with E-state index < -0.39 is 18.1 Å². The van der Waals surface area contributed by atoms with Crippen molar-refractivity contribution in [3.63, 3.8) is 0 Å². The number of nitrogens with one attached hydrogen (secondary N) is 1. The lowest BCUT2D eigenvalue weighted by Gasteiger charge is -2.36. The highest BCUT2D eigenvalue weighted by molar-refractivity contribution is 5.78. The molecule has 0 radical (unpaired) electrons. The second kappa shape index (κ2) is 6.28. The van der Waals surface area contributed by atoms with Gasteiger partial charge in [-0.15, -0.1) is 0 Å². The molecule has 4 nitrogen and oxygen atoms in total.